The molecule has 13 heteroatoms. The minimum atomic E-state index is -3.71. The number of fused-ring (bicyclic) bond motifs is 1. The van der Waals surface area contributed by atoms with Crippen LogP contribution >= 0.6 is 11.3 Å². The number of nitrogens with zero attached hydrogens (tertiary/aromatic N) is 3. The lowest BCUT2D eigenvalue weighted by Crippen LogP contribution is -2.37. The molecule has 10 nitrogen and oxygen atoms in total. The van der Waals surface area contributed by atoms with Crippen LogP contribution in [0.5, 0.6) is 0 Å². The second-order valence-corrected chi connectivity index (χ2v) is 12.5. The van der Waals surface area contributed by atoms with E-state index in [0.29, 0.717) is 57.3 Å². The number of aryl methyl sites for hydroxylation is 1. The SMILES string of the molecule is CC(=O)Nc1nc(C)c(S(=O)(=O)N2CC3C(CNC(=O)c4ccc(N5CCOCC5)c(F)c4)C3C2)s1. The lowest BCUT2D eigenvalue weighted by atomic mass is 10.1. The molecule has 3 heterocycles. The molecule has 2 amide bonds. The number of morpholine rings is 1. The van der Waals surface area contributed by atoms with Crippen LogP contribution in [-0.2, 0) is 19.6 Å². The van der Waals surface area contributed by atoms with E-state index in [1.165, 1.54) is 17.3 Å². The summed E-state index contributed by atoms with van der Waals surface area (Å²) in [6.07, 6.45) is 0. The van der Waals surface area contributed by atoms with Gasteiger partial charge in [-0.1, -0.05) is 11.3 Å². The first kappa shape index (κ1) is 25.1. The fourth-order valence-electron chi connectivity index (χ4n) is 5.07. The Balaban J connectivity index is 1.14. The van der Waals surface area contributed by atoms with Crippen molar-refractivity contribution in [3.8, 4) is 0 Å². The molecule has 0 bridgehead atoms. The van der Waals surface area contributed by atoms with Gasteiger partial charge in [0.2, 0.25) is 5.91 Å². The number of carbonyl (C=O) groups is 2. The normalized spacial score (nSPS) is 23.9. The topological polar surface area (TPSA) is 121 Å². The number of anilines is 2. The fraction of sp³-hybridized carbons (Fsp3) is 0.522. The molecule has 0 radical (unpaired) electrons. The Bertz CT molecular complexity index is 1280. The van der Waals surface area contributed by atoms with E-state index in [1.807, 2.05) is 4.90 Å². The van der Waals surface area contributed by atoms with Crippen molar-refractivity contribution >= 4 is 44.0 Å². The molecule has 2 aliphatic heterocycles. The smallest absolute Gasteiger partial charge is 0.254 e. The molecule has 1 aliphatic carbocycles. The van der Waals surface area contributed by atoms with Crippen LogP contribution in [0.1, 0.15) is 23.0 Å². The van der Waals surface area contributed by atoms with E-state index >= 15 is 0 Å². The maximum atomic E-state index is 14.6. The molecule has 5 rings (SSSR count). The van der Waals surface area contributed by atoms with Crippen LogP contribution in [0.2, 0.25) is 0 Å². The van der Waals surface area contributed by atoms with Crippen molar-refractivity contribution in [3.63, 3.8) is 0 Å². The fourth-order valence-corrected chi connectivity index (χ4v) is 8.19. The number of ether oxygens (including phenoxy) is 1. The number of hydrogen-bond acceptors (Lipinski definition) is 8. The number of carbonyl (C=O) groups excluding carboxylic acids is 2. The Morgan fingerprint density at radius 1 is 1.22 bits per heavy atom. The summed E-state index contributed by atoms with van der Waals surface area (Å²) in [5, 5.41) is 5.67. The number of sulfonamides is 1. The largest absolute Gasteiger partial charge is 0.378 e. The zero-order valence-corrected chi connectivity index (χ0v) is 21.6. The molecule has 1 aromatic carbocycles. The van der Waals surface area contributed by atoms with Crippen LogP contribution in [0.4, 0.5) is 15.2 Å². The maximum absolute atomic E-state index is 14.6. The first-order valence-electron chi connectivity index (χ1n) is 11.8. The van der Waals surface area contributed by atoms with E-state index < -0.39 is 15.8 Å². The molecule has 194 valence electrons. The Morgan fingerprint density at radius 3 is 2.56 bits per heavy atom. The minimum Gasteiger partial charge on any atom is -0.378 e. The quantitative estimate of drug-likeness (QED) is 0.551. The first-order valence-corrected chi connectivity index (χ1v) is 14.1. The van der Waals surface area contributed by atoms with Gasteiger partial charge in [0, 0.05) is 45.2 Å². The molecule has 1 aromatic heterocycles. The number of amides is 2. The lowest BCUT2D eigenvalue weighted by Gasteiger charge is -2.29. The summed E-state index contributed by atoms with van der Waals surface area (Å²) >= 11 is 0.952. The van der Waals surface area contributed by atoms with E-state index in [4.69, 9.17) is 4.74 Å². The van der Waals surface area contributed by atoms with E-state index in [1.54, 1.807) is 19.1 Å². The summed E-state index contributed by atoms with van der Waals surface area (Å²) in [5.74, 6) is -0.561. The van der Waals surface area contributed by atoms with Crippen molar-refractivity contribution in [2.75, 3.05) is 56.2 Å². The van der Waals surface area contributed by atoms with E-state index in [0.717, 1.165) is 11.3 Å². The van der Waals surface area contributed by atoms with Gasteiger partial charge in [-0.25, -0.2) is 17.8 Å². The van der Waals surface area contributed by atoms with E-state index in [-0.39, 0.29) is 44.5 Å². The van der Waals surface area contributed by atoms with Crippen molar-refractivity contribution in [3.05, 3.63) is 35.3 Å². The Kier molecular flexibility index (Phi) is 6.74. The highest BCUT2D eigenvalue weighted by molar-refractivity contribution is 7.91. The van der Waals surface area contributed by atoms with Gasteiger partial charge in [-0.15, -0.1) is 0 Å². The third-order valence-electron chi connectivity index (χ3n) is 7.01. The first-order chi connectivity index (χ1) is 17.1. The molecule has 2 saturated heterocycles. The highest BCUT2D eigenvalue weighted by Crippen LogP contribution is 2.52. The summed E-state index contributed by atoms with van der Waals surface area (Å²) in [7, 11) is -3.71. The average Bonchev–Trinajstić information content (AvgIpc) is 3.13. The van der Waals surface area contributed by atoms with Gasteiger partial charge in [-0.2, -0.15) is 4.31 Å². The van der Waals surface area contributed by atoms with Gasteiger partial charge in [-0.3, -0.25) is 9.59 Å². The van der Waals surface area contributed by atoms with Crippen LogP contribution in [0.15, 0.2) is 22.4 Å². The monoisotopic (exact) mass is 537 g/mol. The van der Waals surface area contributed by atoms with Gasteiger partial charge in [0.1, 0.15) is 5.82 Å². The van der Waals surface area contributed by atoms with Crippen molar-refractivity contribution < 1.29 is 27.1 Å². The van der Waals surface area contributed by atoms with Crippen LogP contribution < -0.4 is 15.5 Å². The van der Waals surface area contributed by atoms with Crippen LogP contribution in [-0.4, -0.2) is 75.5 Å². The highest BCUT2D eigenvalue weighted by atomic mass is 32.2. The molecular weight excluding hydrogens is 509 g/mol. The van der Waals surface area contributed by atoms with Crippen LogP contribution in [0.3, 0.4) is 0 Å². The summed E-state index contributed by atoms with van der Waals surface area (Å²) in [4.78, 5) is 29.9. The van der Waals surface area contributed by atoms with Gasteiger partial charge < -0.3 is 20.3 Å². The van der Waals surface area contributed by atoms with E-state index in [2.05, 4.69) is 15.6 Å². The minimum absolute atomic E-state index is 0.139. The molecule has 1 saturated carbocycles. The predicted molar refractivity (Wildman–Crippen MR) is 132 cm³/mol. The molecule has 2 aromatic rings. The van der Waals surface area contributed by atoms with Crippen molar-refractivity contribution in [1.29, 1.82) is 0 Å². The summed E-state index contributed by atoms with van der Waals surface area (Å²) < 4.78 is 47.8. The zero-order chi connectivity index (χ0) is 25.6. The van der Waals surface area contributed by atoms with Crippen molar-refractivity contribution in [2.24, 2.45) is 17.8 Å². The van der Waals surface area contributed by atoms with Gasteiger partial charge in [-0.05, 0) is 42.9 Å². The van der Waals surface area contributed by atoms with Gasteiger partial charge >= 0.3 is 0 Å². The zero-order valence-electron chi connectivity index (χ0n) is 20.0. The molecule has 2 N–H and O–H groups in total. The maximum Gasteiger partial charge on any atom is 0.254 e. The number of aromatic nitrogens is 1. The molecule has 2 atom stereocenters. The van der Waals surface area contributed by atoms with Gasteiger partial charge in [0.05, 0.1) is 24.6 Å². The highest BCUT2D eigenvalue weighted by Gasteiger charge is 2.58. The number of piperidine rings is 1. The Labute approximate surface area is 212 Å². The molecular formula is C23H28FN5O5S2. The number of rotatable bonds is 7. The Hall–Kier alpha value is -2.61. The average molecular weight is 538 g/mol. The molecule has 36 heavy (non-hydrogen) atoms. The summed E-state index contributed by atoms with van der Waals surface area (Å²) in [6.45, 7) is 6.44. The van der Waals surface area contributed by atoms with Crippen molar-refractivity contribution in [2.45, 2.75) is 18.1 Å². The Morgan fingerprint density at radius 2 is 1.92 bits per heavy atom. The standard InChI is InChI=1S/C23H28FN5O5S2/c1-13-22(35-23(26-13)27-14(2)30)36(32,33)29-11-17-16(18(17)12-29)10-25-21(31)15-3-4-20(19(24)9-15)28-5-7-34-8-6-28/h3-4,9,16-18H,5-8,10-12H2,1-2H3,(H,25,31)(H,26,27,30). The third kappa shape index (κ3) is 4.84. The lowest BCUT2D eigenvalue weighted by molar-refractivity contribution is -0.114. The number of halogens is 1. The number of nitrogens with one attached hydrogen (secondary N) is 2. The van der Waals surface area contributed by atoms with Crippen molar-refractivity contribution in [1.82, 2.24) is 14.6 Å². The predicted octanol–water partition coefficient (Wildman–Crippen LogP) is 1.68. The number of benzene rings is 1. The number of thiazole rings is 1. The van der Waals surface area contributed by atoms with Crippen LogP contribution in [0, 0.1) is 30.5 Å². The second kappa shape index (κ2) is 9.69. The molecule has 0 spiro atoms. The summed E-state index contributed by atoms with van der Waals surface area (Å²) in [5.41, 5.74) is 1.09. The molecule has 3 aliphatic rings. The van der Waals surface area contributed by atoms with Crippen LogP contribution in [0.25, 0.3) is 0 Å². The molecule has 3 fully saturated rings. The number of hydrogen-bond donors (Lipinski definition) is 2. The summed E-state index contributed by atoms with van der Waals surface area (Å²) in [6, 6.07) is 4.51. The molecule has 2 unspecified atom stereocenters. The van der Waals surface area contributed by atoms with Gasteiger partial charge in [0.15, 0.2) is 9.34 Å². The van der Waals surface area contributed by atoms with Gasteiger partial charge in [0.25, 0.3) is 15.9 Å². The third-order valence-corrected chi connectivity index (χ3v) is 10.5. The second-order valence-electron chi connectivity index (χ2n) is 9.36. The van der Waals surface area contributed by atoms with E-state index in [9.17, 15) is 22.4 Å².